The van der Waals surface area contributed by atoms with Gasteiger partial charge in [0.05, 0.1) is 21.0 Å². The van der Waals surface area contributed by atoms with Crippen molar-refractivity contribution in [3.8, 4) is 5.69 Å². The minimum absolute atomic E-state index is 0.391. The molecule has 0 aliphatic carbocycles. The van der Waals surface area contributed by atoms with E-state index >= 15 is 0 Å². The van der Waals surface area contributed by atoms with Crippen LogP contribution in [0.3, 0.4) is 0 Å². The van der Waals surface area contributed by atoms with Crippen LogP contribution in [0.1, 0.15) is 0 Å². The number of hydrogen-bond donors (Lipinski definition) is 4. The van der Waals surface area contributed by atoms with Crippen molar-refractivity contribution in [2.45, 2.75) is 19.6 Å². The van der Waals surface area contributed by atoms with Crippen LogP contribution >= 0.6 is 0 Å². The first-order chi connectivity index (χ1) is 13.9. The van der Waals surface area contributed by atoms with E-state index in [1.807, 2.05) is 0 Å². The van der Waals surface area contributed by atoms with E-state index < -0.39 is 76.8 Å². The van der Waals surface area contributed by atoms with Gasteiger partial charge in [0.25, 0.3) is 40.5 Å². The van der Waals surface area contributed by atoms with Gasteiger partial charge in [-0.05, 0) is 30.3 Å². The average molecular weight is 514 g/mol. The fourth-order valence-electron chi connectivity index (χ4n) is 2.66. The van der Waals surface area contributed by atoms with E-state index in [9.17, 15) is 47.3 Å². The number of fused-ring (bicyclic) bond motifs is 1. The zero-order valence-corrected chi connectivity index (χ0v) is 17.8. The Morgan fingerprint density at radius 2 is 1.16 bits per heavy atom. The van der Waals surface area contributed by atoms with Crippen LogP contribution in [0.25, 0.3) is 16.7 Å². The van der Waals surface area contributed by atoms with Crippen molar-refractivity contribution in [2.24, 2.45) is 0 Å². The lowest BCUT2D eigenvalue weighted by molar-refractivity contribution is 0.476. The number of hydrogen-bond acceptors (Lipinski definition) is 9. The molecule has 0 fully saturated rings. The van der Waals surface area contributed by atoms with Crippen LogP contribution in [0.4, 0.5) is 0 Å². The molecule has 0 spiro atoms. The summed E-state index contributed by atoms with van der Waals surface area (Å²) in [4.78, 5) is -0.350. The summed E-state index contributed by atoms with van der Waals surface area (Å²) in [7, 11) is -20.1. The molecule has 168 valence electrons. The third-order valence-electron chi connectivity index (χ3n) is 3.93. The van der Waals surface area contributed by atoms with Gasteiger partial charge in [-0.25, -0.2) is 4.98 Å². The molecule has 1 aromatic heterocycles. The van der Waals surface area contributed by atoms with Crippen molar-refractivity contribution in [2.75, 3.05) is 0 Å². The molecular formula is C13H10N2O12S4. The standard InChI is InChI=1S/C13H10N2O12S4/c16-28(17,18)7-1-2-9(11(4-7)30(22,23)24)15-6-14-13-10(15)3-8(29(19,20)21)5-12(13)31(25,26)27/h1-6H,(H,16,17,18)(H,19,20,21)(H,22,23,24)(H,25,26,27). The molecule has 14 nitrogen and oxygen atoms in total. The molecule has 0 aliphatic heterocycles. The number of nitrogens with zero attached hydrogens (tertiary/aromatic N) is 2. The largest absolute Gasteiger partial charge is 0.297 e. The summed E-state index contributed by atoms with van der Waals surface area (Å²) in [5.41, 5.74) is -1.55. The number of rotatable bonds is 5. The maximum Gasteiger partial charge on any atom is 0.296 e. The Morgan fingerprint density at radius 1 is 0.645 bits per heavy atom. The van der Waals surface area contributed by atoms with Gasteiger partial charge in [0.2, 0.25) is 0 Å². The van der Waals surface area contributed by atoms with Gasteiger partial charge in [-0.2, -0.15) is 33.7 Å². The Hall–Kier alpha value is -2.45. The smallest absolute Gasteiger partial charge is 0.296 e. The number of benzene rings is 2. The van der Waals surface area contributed by atoms with E-state index in [2.05, 4.69) is 4.98 Å². The first kappa shape index (κ1) is 23.2. The lowest BCUT2D eigenvalue weighted by Crippen LogP contribution is -2.09. The van der Waals surface area contributed by atoms with Gasteiger partial charge in [0, 0.05) is 0 Å². The second-order valence-corrected chi connectivity index (χ2v) is 11.6. The van der Waals surface area contributed by atoms with Crippen LogP contribution in [0, 0.1) is 0 Å². The Morgan fingerprint density at radius 3 is 1.65 bits per heavy atom. The lowest BCUT2D eigenvalue weighted by Gasteiger charge is -2.11. The van der Waals surface area contributed by atoms with Crippen molar-refractivity contribution < 1.29 is 51.9 Å². The Kier molecular flexibility index (Phi) is 5.27. The molecule has 3 rings (SSSR count). The first-order valence-corrected chi connectivity index (χ1v) is 13.2. The van der Waals surface area contributed by atoms with Crippen molar-refractivity contribution in [3.63, 3.8) is 0 Å². The molecule has 0 atom stereocenters. The minimum atomic E-state index is -5.15. The summed E-state index contributed by atoms with van der Waals surface area (Å²) in [6.07, 6.45) is 0.782. The second-order valence-electron chi connectivity index (χ2n) is 5.93. The summed E-state index contributed by atoms with van der Waals surface area (Å²) < 4.78 is 131. The van der Waals surface area contributed by atoms with E-state index in [4.69, 9.17) is 4.55 Å². The molecule has 0 saturated carbocycles. The molecule has 2 aromatic carbocycles. The van der Waals surface area contributed by atoms with E-state index in [0.717, 1.165) is 23.0 Å². The highest BCUT2D eigenvalue weighted by Gasteiger charge is 2.26. The molecule has 0 saturated heterocycles. The quantitative estimate of drug-likeness (QED) is 0.329. The second kappa shape index (κ2) is 7.03. The molecule has 0 radical (unpaired) electrons. The molecule has 0 aliphatic rings. The van der Waals surface area contributed by atoms with Gasteiger partial charge in [-0.1, -0.05) is 0 Å². The predicted molar refractivity (Wildman–Crippen MR) is 100 cm³/mol. The Labute approximate surface area is 174 Å². The van der Waals surface area contributed by atoms with Gasteiger partial charge >= 0.3 is 0 Å². The molecule has 0 bridgehead atoms. The predicted octanol–water partition coefficient (Wildman–Crippen LogP) is 0.0123. The zero-order chi connectivity index (χ0) is 23.6. The van der Waals surface area contributed by atoms with Gasteiger partial charge in [-0.15, -0.1) is 0 Å². The van der Waals surface area contributed by atoms with Crippen molar-refractivity contribution in [1.82, 2.24) is 9.55 Å². The summed E-state index contributed by atoms with van der Waals surface area (Å²) in [6.45, 7) is 0. The fourth-order valence-corrected chi connectivity index (χ4v) is 5.23. The third-order valence-corrected chi connectivity index (χ3v) is 7.36. The molecule has 4 N–H and O–H groups in total. The van der Waals surface area contributed by atoms with Crippen LogP contribution < -0.4 is 0 Å². The maximum atomic E-state index is 11.8. The van der Waals surface area contributed by atoms with Crippen LogP contribution in [0.15, 0.2) is 56.2 Å². The molecule has 0 unspecified atom stereocenters. The molecule has 3 aromatic rings. The highest BCUT2D eigenvalue weighted by atomic mass is 32.2. The molecule has 31 heavy (non-hydrogen) atoms. The Bertz CT molecular complexity index is 1670. The van der Waals surface area contributed by atoms with Crippen molar-refractivity contribution in [3.05, 3.63) is 36.7 Å². The number of imidazole rings is 1. The summed E-state index contributed by atoms with van der Waals surface area (Å²) >= 11 is 0. The van der Waals surface area contributed by atoms with Gasteiger partial charge < -0.3 is 0 Å². The van der Waals surface area contributed by atoms with Crippen LogP contribution in [0.5, 0.6) is 0 Å². The maximum absolute atomic E-state index is 11.8. The van der Waals surface area contributed by atoms with Crippen LogP contribution in [-0.2, 0) is 40.5 Å². The van der Waals surface area contributed by atoms with Crippen LogP contribution in [0.2, 0.25) is 0 Å². The van der Waals surface area contributed by atoms with E-state index in [1.165, 1.54) is 0 Å². The Balaban J connectivity index is 2.51. The number of aromatic nitrogens is 2. The first-order valence-electron chi connectivity index (χ1n) is 7.46. The minimum Gasteiger partial charge on any atom is -0.297 e. The summed E-state index contributed by atoms with van der Waals surface area (Å²) in [5.74, 6) is 0. The van der Waals surface area contributed by atoms with E-state index in [0.29, 0.717) is 18.2 Å². The normalized spacial score (nSPS) is 13.5. The summed E-state index contributed by atoms with van der Waals surface area (Å²) in [6, 6.07) is 3.02. The molecule has 0 amide bonds. The molecular weight excluding hydrogens is 504 g/mol. The topological polar surface area (TPSA) is 235 Å². The lowest BCUT2D eigenvalue weighted by atomic mass is 10.2. The average Bonchev–Trinajstić information content (AvgIpc) is 3.00. The van der Waals surface area contributed by atoms with E-state index in [-0.39, 0.29) is 0 Å². The molecule has 1 heterocycles. The molecule has 18 heteroatoms. The third kappa shape index (κ3) is 4.45. The highest BCUT2D eigenvalue weighted by molar-refractivity contribution is 7.87. The van der Waals surface area contributed by atoms with Gasteiger partial charge in [0.1, 0.15) is 21.6 Å². The van der Waals surface area contributed by atoms with Crippen molar-refractivity contribution in [1.29, 1.82) is 0 Å². The fraction of sp³-hybridized carbons (Fsp3) is 0. The highest BCUT2D eigenvalue weighted by Crippen LogP contribution is 2.31. The van der Waals surface area contributed by atoms with Crippen molar-refractivity contribution >= 4 is 51.5 Å². The SMILES string of the molecule is O=S(=O)(O)c1ccc(-n2cnc3c(S(=O)(=O)O)cc(S(=O)(=O)O)cc32)c(S(=O)(=O)O)c1. The van der Waals surface area contributed by atoms with Crippen LogP contribution in [-0.4, -0.2) is 61.4 Å². The monoisotopic (exact) mass is 514 g/mol. The summed E-state index contributed by atoms with van der Waals surface area (Å²) in [5, 5.41) is 0. The zero-order valence-electron chi connectivity index (χ0n) is 14.5. The van der Waals surface area contributed by atoms with Gasteiger partial charge in [0.15, 0.2) is 0 Å². The van der Waals surface area contributed by atoms with Gasteiger partial charge in [-0.3, -0.25) is 22.8 Å². The van der Waals surface area contributed by atoms with E-state index in [1.54, 1.807) is 0 Å².